The number of aldehydes is 1. The number of likely N-dealkylation sites (tertiary alicyclic amines) is 1. The zero-order valence-corrected chi connectivity index (χ0v) is 39.8. The number of hydrogen-bond donors (Lipinski definition) is 2. The summed E-state index contributed by atoms with van der Waals surface area (Å²) in [4.78, 5) is 76.4. The Morgan fingerprint density at radius 1 is 1.06 bits per heavy atom. The number of likely N-dealkylation sites (N-methyl/N-ethyl adjacent to an activating group) is 1. The number of fused-ring (bicyclic) bond motifs is 6. The normalized spacial score (nSPS) is 21.4. The summed E-state index contributed by atoms with van der Waals surface area (Å²) in [6.07, 6.45) is 7.96. The number of aryl methyl sites for hydroxylation is 1. The Morgan fingerprint density at radius 3 is 2.59 bits per heavy atom. The molecule has 2 fully saturated rings. The van der Waals surface area contributed by atoms with Crippen molar-refractivity contribution in [2.24, 2.45) is 17.3 Å². The number of aromatic nitrogens is 2. The first kappa shape index (κ1) is 48.2. The average Bonchev–Trinajstić information content (AvgIpc) is 3.91. The van der Waals surface area contributed by atoms with Gasteiger partial charge in [-0.3, -0.25) is 38.9 Å². The molecular weight excluding hydrogens is 835 g/mol. The highest BCUT2D eigenvalue weighted by molar-refractivity contribution is 5.96. The lowest BCUT2D eigenvalue weighted by atomic mass is 9.84. The molecule has 2 aromatic heterocycles. The molecule has 3 aliphatic heterocycles. The van der Waals surface area contributed by atoms with Gasteiger partial charge in [0, 0.05) is 74.8 Å². The third kappa shape index (κ3) is 10.5. The summed E-state index contributed by atoms with van der Waals surface area (Å²) >= 11 is 0. The van der Waals surface area contributed by atoms with Crippen molar-refractivity contribution in [2.45, 2.75) is 104 Å². The molecule has 4 aromatic rings. The molecule has 66 heavy (non-hydrogen) atoms. The molecule has 2 saturated heterocycles. The Kier molecular flexibility index (Phi) is 15.2. The van der Waals surface area contributed by atoms with Crippen LogP contribution in [0.1, 0.15) is 83.7 Å². The van der Waals surface area contributed by atoms with Crippen molar-refractivity contribution in [1.82, 2.24) is 35.1 Å². The number of carbonyl (C=O) groups is 5. The Balaban J connectivity index is 1.27. The van der Waals surface area contributed by atoms with Gasteiger partial charge >= 0.3 is 5.97 Å². The molecule has 5 unspecified atom stereocenters. The van der Waals surface area contributed by atoms with Crippen LogP contribution in [-0.4, -0.2) is 119 Å². The fourth-order valence-corrected chi connectivity index (χ4v) is 10.1. The number of pyridine rings is 1. The third-order valence-electron chi connectivity index (χ3n) is 13.5. The SMILES string of the molecule is CCn1c(-c2cccnc2C(C)OC)c2c3cc(ccc31)-c1cccc(c1)CC(NC(=O)C(C(C)C)N(C)C(=O)C1CCN(C/C=C/C=O)C1)C(=O)N1CCCC(N1)C(=O)OCC(C)(C)C2. The van der Waals surface area contributed by atoms with Crippen LogP contribution >= 0.6 is 0 Å². The minimum atomic E-state index is -1.03. The lowest BCUT2D eigenvalue weighted by Crippen LogP contribution is -2.62. The molecule has 14 nitrogen and oxygen atoms in total. The first-order valence-electron chi connectivity index (χ1n) is 23.5. The molecule has 0 saturated carbocycles. The van der Waals surface area contributed by atoms with E-state index < -0.39 is 35.4 Å². The molecule has 3 amide bonds. The summed E-state index contributed by atoms with van der Waals surface area (Å²) < 4.78 is 14.3. The molecule has 3 aliphatic rings. The van der Waals surface area contributed by atoms with Crippen LogP contribution in [0.2, 0.25) is 0 Å². The Bertz CT molecular complexity index is 2460. The maximum Gasteiger partial charge on any atom is 0.324 e. The molecule has 0 spiro atoms. The van der Waals surface area contributed by atoms with Gasteiger partial charge in [0.05, 0.1) is 30.0 Å². The van der Waals surface area contributed by atoms with Crippen molar-refractivity contribution in [3.05, 3.63) is 89.8 Å². The van der Waals surface area contributed by atoms with Crippen molar-refractivity contribution in [2.75, 3.05) is 46.9 Å². The highest BCUT2D eigenvalue weighted by Gasteiger charge is 2.40. The monoisotopic (exact) mass is 902 g/mol. The first-order valence-corrected chi connectivity index (χ1v) is 23.5. The molecule has 5 heterocycles. The Hall–Kier alpha value is -5.70. The van der Waals surface area contributed by atoms with E-state index in [-0.39, 0.29) is 42.8 Å². The maximum absolute atomic E-state index is 14.7. The largest absolute Gasteiger partial charge is 0.464 e. The highest BCUT2D eigenvalue weighted by atomic mass is 16.5. The van der Waals surface area contributed by atoms with Crippen LogP contribution in [0.3, 0.4) is 0 Å². The van der Waals surface area contributed by atoms with Crippen molar-refractivity contribution < 1.29 is 33.4 Å². The zero-order chi connectivity index (χ0) is 47.3. The highest BCUT2D eigenvalue weighted by Crippen LogP contribution is 2.42. The summed E-state index contributed by atoms with van der Waals surface area (Å²) in [5, 5.41) is 5.63. The van der Waals surface area contributed by atoms with Crippen molar-refractivity contribution in [1.29, 1.82) is 0 Å². The number of hydrogen-bond acceptors (Lipinski definition) is 10. The van der Waals surface area contributed by atoms with Gasteiger partial charge in [0.15, 0.2) is 0 Å². The summed E-state index contributed by atoms with van der Waals surface area (Å²) in [5.74, 6) is -1.95. The summed E-state index contributed by atoms with van der Waals surface area (Å²) in [6.45, 7) is 15.1. The molecular formula is C52H67N7O7. The van der Waals surface area contributed by atoms with E-state index in [0.717, 1.165) is 56.4 Å². The second-order valence-electron chi connectivity index (χ2n) is 19.3. The molecule has 7 rings (SSSR count). The molecule has 14 heteroatoms. The van der Waals surface area contributed by atoms with Gasteiger partial charge in [0.2, 0.25) is 11.8 Å². The molecule has 2 N–H and O–H groups in total. The van der Waals surface area contributed by atoms with E-state index in [1.165, 1.54) is 16.0 Å². The number of cyclic esters (lactones) is 1. The van der Waals surface area contributed by atoms with Crippen molar-refractivity contribution in [3.8, 4) is 22.4 Å². The van der Waals surface area contributed by atoms with Crippen LogP contribution in [0.4, 0.5) is 0 Å². The maximum atomic E-state index is 14.7. The van der Waals surface area contributed by atoms with E-state index in [0.29, 0.717) is 58.4 Å². The summed E-state index contributed by atoms with van der Waals surface area (Å²) in [5.41, 5.74) is 10.5. The molecule has 352 valence electrons. The van der Waals surface area contributed by atoms with Gasteiger partial charge in [-0.2, -0.15) is 0 Å². The van der Waals surface area contributed by atoms with Crippen LogP contribution in [0.15, 0.2) is 72.9 Å². The average molecular weight is 902 g/mol. The minimum absolute atomic E-state index is 0.136. The lowest BCUT2D eigenvalue weighted by molar-refractivity contribution is -0.155. The number of hydrazine groups is 1. The number of amides is 3. The second-order valence-corrected chi connectivity index (χ2v) is 19.3. The predicted octanol–water partition coefficient (Wildman–Crippen LogP) is 6.31. The second kappa shape index (κ2) is 20.9. The first-order chi connectivity index (χ1) is 31.6. The van der Waals surface area contributed by atoms with E-state index >= 15 is 0 Å². The number of ether oxygens (including phenoxy) is 2. The number of nitrogens with one attached hydrogen (secondary N) is 2. The van der Waals surface area contributed by atoms with E-state index in [1.54, 1.807) is 26.4 Å². The topological polar surface area (TPSA) is 155 Å². The molecule has 0 aliphatic carbocycles. The van der Waals surface area contributed by atoms with Gasteiger partial charge in [-0.05, 0) is 105 Å². The van der Waals surface area contributed by atoms with E-state index in [2.05, 4.69) is 77.4 Å². The number of rotatable bonds is 12. The fraction of sp³-hybridized carbons (Fsp3) is 0.500. The minimum Gasteiger partial charge on any atom is -0.464 e. The number of benzene rings is 2. The van der Waals surface area contributed by atoms with Crippen LogP contribution in [-0.2, 0) is 52.8 Å². The predicted molar refractivity (Wildman–Crippen MR) is 255 cm³/mol. The summed E-state index contributed by atoms with van der Waals surface area (Å²) in [7, 11) is 3.35. The van der Waals surface area contributed by atoms with Gasteiger partial charge < -0.3 is 24.3 Å². The van der Waals surface area contributed by atoms with Gasteiger partial charge in [0.1, 0.15) is 24.4 Å². The van der Waals surface area contributed by atoms with E-state index in [9.17, 15) is 24.0 Å². The number of nitrogens with zero attached hydrogens (tertiary/aromatic N) is 5. The number of esters is 1. The van der Waals surface area contributed by atoms with Crippen LogP contribution in [0, 0.1) is 17.3 Å². The third-order valence-corrected chi connectivity index (χ3v) is 13.5. The Morgan fingerprint density at radius 2 is 1.85 bits per heavy atom. The number of methoxy groups -OCH3 is 1. The standard InChI is InChI=1S/C52H67N7O7/c1-9-58-44-20-19-37-29-40(44)41(47(58)39-17-13-22-53-45(39)34(4)65-8)30-52(5,6)32-66-51(64)42-18-14-24-59(55-42)50(63)43(28-35-15-12-16-36(37)27-35)54-48(61)46(33(2)3)56(7)49(62)38-21-25-57(31-38)23-10-11-26-60/h10-13,15-17,19-20,22,26-27,29,33-34,38,42-43,46,55H,9,14,18,21,23-25,28,30-32H2,1-8H3,(H,54,61)/b11-10+. The van der Waals surface area contributed by atoms with Gasteiger partial charge in [-0.15, -0.1) is 0 Å². The van der Waals surface area contributed by atoms with Crippen LogP contribution in [0.25, 0.3) is 33.3 Å². The fourth-order valence-electron chi connectivity index (χ4n) is 10.1. The molecule has 0 radical (unpaired) electrons. The smallest absolute Gasteiger partial charge is 0.324 e. The van der Waals surface area contributed by atoms with Gasteiger partial charge in [-0.1, -0.05) is 64.1 Å². The number of carbonyl (C=O) groups excluding carboxylic acids is 5. The van der Waals surface area contributed by atoms with E-state index in [4.69, 9.17) is 14.5 Å². The van der Waals surface area contributed by atoms with Crippen molar-refractivity contribution >= 4 is 40.9 Å². The van der Waals surface area contributed by atoms with Crippen LogP contribution in [0.5, 0.6) is 0 Å². The quantitative estimate of drug-likeness (QED) is 0.0940. The number of allylic oxidation sites excluding steroid dienone is 1. The van der Waals surface area contributed by atoms with Gasteiger partial charge in [-0.25, -0.2) is 5.43 Å². The molecule has 6 bridgehead atoms. The van der Waals surface area contributed by atoms with E-state index in [1.807, 2.05) is 39.0 Å². The zero-order valence-electron chi connectivity index (χ0n) is 39.8. The van der Waals surface area contributed by atoms with Gasteiger partial charge in [0.25, 0.3) is 5.91 Å². The molecule has 5 atom stereocenters. The summed E-state index contributed by atoms with van der Waals surface area (Å²) in [6, 6.07) is 16.0. The lowest BCUT2D eigenvalue weighted by Gasteiger charge is -2.37. The molecule has 2 aromatic carbocycles. The van der Waals surface area contributed by atoms with Crippen molar-refractivity contribution in [3.63, 3.8) is 0 Å². The Labute approximate surface area is 389 Å². The van der Waals surface area contributed by atoms with Crippen LogP contribution < -0.4 is 10.7 Å².